The van der Waals surface area contributed by atoms with Crippen molar-refractivity contribution in [3.8, 4) is 0 Å². The minimum Gasteiger partial charge on any atom is -0.356 e. The Kier molecular flexibility index (Phi) is 5.89. The van der Waals surface area contributed by atoms with Gasteiger partial charge in [-0.05, 0) is 24.3 Å². The minimum absolute atomic E-state index is 1.12. The third-order valence-electron chi connectivity index (χ3n) is 1.84. The quantitative estimate of drug-likeness (QED) is 0.716. The molecule has 2 rings (SSSR count). The SMILES string of the molecule is O=[P+](O)O.c1ccc(Nc2ccccc2)cc1. The van der Waals surface area contributed by atoms with Crippen LogP contribution in [-0.4, -0.2) is 9.79 Å². The van der Waals surface area contributed by atoms with Gasteiger partial charge in [0.2, 0.25) is 0 Å². The van der Waals surface area contributed by atoms with Crippen LogP contribution >= 0.6 is 8.25 Å². The molecule has 0 aliphatic heterocycles. The maximum absolute atomic E-state index is 8.70. The van der Waals surface area contributed by atoms with Crippen molar-refractivity contribution in [3.05, 3.63) is 60.7 Å². The van der Waals surface area contributed by atoms with Crippen molar-refractivity contribution in [1.29, 1.82) is 0 Å². The van der Waals surface area contributed by atoms with E-state index in [1.165, 1.54) is 0 Å². The second-order valence-corrected chi connectivity index (χ2v) is 3.62. The van der Waals surface area contributed by atoms with Crippen LogP contribution in [0.4, 0.5) is 11.4 Å². The number of hydrogen-bond acceptors (Lipinski definition) is 2. The van der Waals surface area contributed by atoms with Crippen LogP contribution < -0.4 is 5.32 Å². The molecule has 3 N–H and O–H groups in total. The molecule has 4 nitrogen and oxygen atoms in total. The summed E-state index contributed by atoms with van der Waals surface area (Å²) in [5.74, 6) is 0. The number of hydrogen-bond donors (Lipinski definition) is 3. The van der Waals surface area contributed by atoms with Crippen molar-refractivity contribution >= 4 is 19.6 Å². The molecule has 0 aliphatic rings. The molecule has 0 amide bonds. The van der Waals surface area contributed by atoms with E-state index in [1.54, 1.807) is 0 Å². The predicted molar refractivity (Wildman–Crippen MR) is 68.2 cm³/mol. The van der Waals surface area contributed by atoms with E-state index in [-0.39, 0.29) is 0 Å². The Morgan fingerprint density at radius 3 is 1.35 bits per heavy atom. The van der Waals surface area contributed by atoms with Gasteiger partial charge >= 0.3 is 8.25 Å². The molecule has 2 aromatic carbocycles. The molecule has 0 saturated carbocycles. The van der Waals surface area contributed by atoms with E-state index in [1.807, 2.05) is 60.7 Å². The lowest BCUT2D eigenvalue weighted by Crippen LogP contribution is -1.87. The Morgan fingerprint density at radius 2 is 1.06 bits per heavy atom. The minimum atomic E-state index is -2.87. The highest BCUT2D eigenvalue weighted by Gasteiger charge is 1.93. The number of benzene rings is 2. The number of para-hydroxylation sites is 2. The first-order valence-corrected chi connectivity index (χ1v) is 6.07. The topological polar surface area (TPSA) is 69.6 Å². The van der Waals surface area contributed by atoms with Gasteiger partial charge in [-0.1, -0.05) is 36.4 Å². The summed E-state index contributed by atoms with van der Waals surface area (Å²) in [6, 6.07) is 20.3. The fourth-order valence-electron chi connectivity index (χ4n) is 1.21. The van der Waals surface area contributed by atoms with Gasteiger partial charge in [0.15, 0.2) is 0 Å². The Morgan fingerprint density at radius 1 is 0.765 bits per heavy atom. The van der Waals surface area contributed by atoms with Gasteiger partial charge in [-0.2, -0.15) is 0 Å². The van der Waals surface area contributed by atoms with Crippen LogP contribution in [0, 0.1) is 0 Å². The fourth-order valence-corrected chi connectivity index (χ4v) is 1.21. The number of anilines is 2. The molecular weight excluding hydrogens is 237 g/mol. The molecule has 0 spiro atoms. The normalized spacial score (nSPS) is 8.82. The summed E-state index contributed by atoms with van der Waals surface area (Å²) >= 11 is 0. The molecule has 0 heterocycles. The molecule has 0 aliphatic carbocycles. The summed E-state index contributed by atoms with van der Waals surface area (Å²) in [6.07, 6.45) is 0. The van der Waals surface area contributed by atoms with E-state index in [0.29, 0.717) is 0 Å². The van der Waals surface area contributed by atoms with Crippen molar-refractivity contribution in [2.45, 2.75) is 0 Å². The highest BCUT2D eigenvalue weighted by Crippen LogP contribution is 2.14. The van der Waals surface area contributed by atoms with Gasteiger partial charge in [0.1, 0.15) is 0 Å². The second-order valence-electron chi connectivity index (χ2n) is 3.11. The standard InChI is InChI=1S/C12H11N.HO3P/c1-3-7-11(8-4-1)13-12-9-5-2-6-10-12;1-4(2)3/h1-10,13H;(H-,1,2,3)/p+1. The summed E-state index contributed by atoms with van der Waals surface area (Å²) in [4.78, 5) is 14.2. The zero-order valence-electron chi connectivity index (χ0n) is 9.02. The third kappa shape index (κ3) is 6.43. The van der Waals surface area contributed by atoms with E-state index >= 15 is 0 Å². The average Bonchev–Trinajstić information content (AvgIpc) is 2.31. The van der Waals surface area contributed by atoms with Crippen molar-refractivity contribution in [2.75, 3.05) is 5.32 Å². The largest absolute Gasteiger partial charge is 0.692 e. The molecule has 88 valence electrons. The monoisotopic (exact) mass is 250 g/mol. The van der Waals surface area contributed by atoms with Crippen LogP contribution in [-0.2, 0) is 4.57 Å². The van der Waals surface area contributed by atoms with Gasteiger partial charge in [0.25, 0.3) is 0 Å². The van der Waals surface area contributed by atoms with Crippen LogP contribution in [0.1, 0.15) is 0 Å². The van der Waals surface area contributed by atoms with Crippen LogP contribution in [0.2, 0.25) is 0 Å². The zero-order valence-corrected chi connectivity index (χ0v) is 9.92. The number of rotatable bonds is 2. The zero-order chi connectivity index (χ0) is 12.5. The molecule has 0 fully saturated rings. The average molecular weight is 250 g/mol. The van der Waals surface area contributed by atoms with E-state index in [9.17, 15) is 0 Å². The summed E-state index contributed by atoms with van der Waals surface area (Å²) in [5, 5.41) is 3.30. The van der Waals surface area contributed by atoms with E-state index in [4.69, 9.17) is 14.4 Å². The van der Waals surface area contributed by atoms with E-state index in [2.05, 4.69) is 5.32 Å². The lowest BCUT2D eigenvalue weighted by atomic mass is 10.3. The van der Waals surface area contributed by atoms with Crippen molar-refractivity contribution in [1.82, 2.24) is 0 Å². The molecule has 2 aromatic rings. The van der Waals surface area contributed by atoms with Gasteiger partial charge in [0.05, 0.1) is 0 Å². The smallest absolute Gasteiger partial charge is 0.356 e. The van der Waals surface area contributed by atoms with Crippen LogP contribution in [0.5, 0.6) is 0 Å². The second kappa shape index (κ2) is 7.52. The highest BCUT2D eigenvalue weighted by atomic mass is 31.1. The van der Waals surface area contributed by atoms with Crippen molar-refractivity contribution in [3.63, 3.8) is 0 Å². The van der Waals surface area contributed by atoms with E-state index < -0.39 is 8.25 Å². The molecule has 0 aromatic heterocycles. The highest BCUT2D eigenvalue weighted by molar-refractivity contribution is 7.30. The van der Waals surface area contributed by atoms with Gasteiger partial charge in [-0.25, -0.2) is 0 Å². The summed E-state index contributed by atoms with van der Waals surface area (Å²) in [6.45, 7) is 0. The number of nitrogens with one attached hydrogen (secondary N) is 1. The molecular formula is C12H13NO3P+. The Balaban J connectivity index is 0.000000317. The van der Waals surface area contributed by atoms with Crippen molar-refractivity contribution < 1.29 is 14.4 Å². The molecule has 0 saturated heterocycles. The van der Waals surface area contributed by atoms with Gasteiger partial charge in [-0.3, -0.25) is 0 Å². The van der Waals surface area contributed by atoms with Gasteiger partial charge in [0, 0.05) is 15.9 Å². The van der Waals surface area contributed by atoms with Crippen LogP contribution in [0.15, 0.2) is 60.7 Å². The Hall–Kier alpha value is -1.74. The molecule has 5 heteroatoms. The summed E-state index contributed by atoms with van der Waals surface area (Å²) < 4.78 is 8.70. The fraction of sp³-hybridized carbons (Fsp3) is 0. The third-order valence-corrected chi connectivity index (χ3v) is 1.84. The first-order valence-electron chi connectivity index (χ1n) is 4.90. The van der Waals surface area contributed by atoms with E-state index in [0.717, 1.165) is 11.4 Å². The summed E-state index contributed by atoms with van der Waals surface area (Å²) in [7, 11) is -2.87. The Bertz CT molecular complexity index is 406. The lowest BCUT2D eigenvalue weighted by molar-refractivity contribution is 0.405. The first kappa shape index (κ1) is 13.3. The maximum atomic E-state index is 8.70. The molecule has 0 atom stereocenters. The molecule has 17 heavy (non-hydrogen) atoms. The summed E-state index contributed by atoms with van der Waals surface area (Å²) in [5.41, 5.74) is 2.24. The molecule has 0 radical (unpaired) electrons. The van der Waals surface area contributed by atoms with Crippen molar-refractivity contribution in [2.24, 2.45) is 0 Å². The van der Waals surface area contributed by atoms with Crippen LogP contribution in [0.3, 0.4) is 0 Å². The molecule has 0 unspecified atom stereocenters. The Labute approximate surface area is 101 Å². The molecule has 0 bridgehead atoms. The predicted octanol–water partition coefficient (Wildman–Crippen LogP) is 3.06. The lowest BCUT2D eigenvalue weighted by Gasteiger charge is -2.04. The maximum Gasteiger partial charge on any atom is 0.692 e. The van der Waals surface area contributed by atoms with Gasteiger partial charge < -0.3 is 5.32 Å². The van der Waals surface area contributed by atoms with Gasteiger partial charge in [-0.15, -0.1) is 9.79 Å². The first-order chi connectivity index (χ1) is 8.18. The van der Waals surface area contributed by atoms with Crippen LogP contribution in [0.25, 0.3) is 0 Å².